The lowest BCUT2D eigenvalue weighted by molar-refractivity contribution is -0.385. The Balaban J connectivity index is 1.66. The average Bonchev–Trinajstić information content (AvgIpc) is 3.00. The first kappa shape index (κ1) is 13.7. The molecule has 5 heteroatoms. The number of hydrogen-bond acceptors (Lipinski definition) is 4. The number of nitro benzene ring substituents is 1. The number of nitro groups is 1. The Kier molecular flexibility index (Phi) is 3.41. The maximum Gasteiger partial charge on any atom is 0.274 e. The van der Waals surface area contributed by atoms with Gasteiger partial charge in [-0.05, 0) is 37.5 Å². The zero-order chi connectivity index (χ0) is 15.0. The van der Waals surface area contributed by atoms with Gasteiger partial charge in [-0.15, -0.1) is 0 Å². The highest BCUT2D eigenvalue weighted by Gasteiger charge is 2.36. The standard InChI is InChI=1S/C16H18N2O3/c1-10-3-4-12(8-15(10)18(19)20)17-9-13-5-6-16(21-13)14-7-11(14)2/h3-6,8,11,14,17H,7,9H2,1-2H3. The highest BCUT2D eigenvalue weighted by Crippen LogP contribution is 2.47. The van der Waals surface area contributed by atoms with Crippen LogP contribution in [0.4, 0.5) is 11.4 Å². The van der Waals surface area contributed by atoms with Crippen molar-refractivity contribution < 1.29 is 9.34 Å². The summed E-state index contributed by atoms with van der Waals surface area (Å²) in [7, 11) is 0. The molecule has 1 aromatic carbocycles. The largest absolute Gasteiger partial charge is 0.464 e. The van der Waals surface area contributed by atoms with Gasteiger partial charge in [-0.25, -0.2) is 0 Å². The van der Waals surface area contributed by atoms with Gasteiger partial charge in [0.05, 0.1) is 11.5 Å². The molecular formula is C16H18N2O3. The monoisotopic (exact) mass is 286 g/mol. The van der Waals surface area contributed by atoms with Crippen molar-refractivity contribution in [1.29, 1.82) is 0 Å². The van der Waals surface area contributed by atoms with Crippen molar-refractivity contribution in [2.45, 2.75) is 32.7 Å². The van der Waals surface area contributed by atoms with Gasteiger partial charge in [-0.1, -0.05) is 13.0 Å². The molecule has 0 bridgehead atoms. The van der Waals surface area contributed by atoms with Crippen LogP contribution in [-0.2, 0) is 6.54 Å². The van der Waals surface area contributed by atoms with Crippen LogP contribution < -0.4 is 5.32 Å². The summed E-state index contributed by atoms with van der Waals surface area (Å²) in [4.78, 5) is 10.6. The van der Waals surface area contributed by atoms with Gasteiger partial charge in [0.2, 0.25) is 0 Å². The molecule has 5 nitrogen and oxygen atoms in total. The molecule has 0 spiro atoms. The van der Waals surface area contributed by atoms with Crippen molar-refractivity contribution in [1.82, 2.24) is 0 Å². The molecule has 1 fully saturated rings. The van der Waals surface area contributed by atoms with Gasteiger partial charge in [-0.2, -0.15) is 0 Å². The molecule has 1 heterocycles. The summed E-state index contributed by atoms with van der Waals surface area (Å²) in [6.07, 6.45) is 1.20. The quantitative estimate of drug-likeness (QED) is 0.659. The van der Waals surface area contributed by atoms with Gasteiger partial charge >= 0.3 is 0 Å². The summed E-state index contributed by atoms with van der Waals surface area (Å²) < 4.78 is 5.80. The molecule has 110 valence electrons. The number of nitrogens with one attached hydrogen (secondary N) is 1. The average molecular weight is 286 g/mol. The summed E-state index contributed by atoms with van der Waals surface area (Å²) in [5.74, 6) is 3.19. The van der Waals surface area contributed by atoms with Crippen molar-refractivity contribution in [3.8, 4) is 0 Å². The van der Waals surface area contributed by atoms with Gasteiger partial charge in [0.25, 0.3) is 5.69 Å². The van der Waals surface area contributed by atoms with Crippen LogP contribution in [0.1, 0.15) is 36.3 Å². The Morgan fingerprint density at radius 2 is 2.14 bits per heavy atom. The van der Waals surface area contributed by atoms with Gasteiger partial charge in [0, 0.05) is 23.2 Å². The first-order chi connectivity index (χ1) is 10.0. The lowest BCUT2D eigenvalue weighted by atomic mass is 10.2. The Hall–Kier alpha value is -2.30. The minimum atomic E-state index is -0.361. The van der Waals surface area contributed by atoms with Crippen LogP contribution >= 0.6 is 0 Å². The van der Waals surface area contributed by atoms with E-state index in [9.17, 15) is 10.1 Å². The molecule has 1 aliphatic rings. The molecular weight excluding hydrogens is 268 g/mol. The molecule has 2 unspecified atom stereocenters. The fraction of sp³-hybridized carbons (Fsp3) is 0.375. The molecule has 1 N–H and O–H groups in total. The highest BCUT2D eigenvalue weighted by molar-refractivity contribution is 5.54. The van der Waals surface area contributed by atoms with Crippen molar-refractivity contribution >= 4 is 11.4 Å². The number of nitrogens with zero attached hydrogens (tertiary/aromatic N) is 1. The van der Waals surface area contributed by atoms with Crippen LogP contribution in [0.25, 0.3) is 0 Å². The van der Waals surface area contributed by atoms with Gasteiger partial charge < -0.3 is 9.73 Å². The molecule has 3 rings (SSSR count). The zero-order valence-corrected chi connectivity index (χ0v) is 12.1. The van der Waals surface area contributed by atoms with E-state index in [1.54, 1.807) is 19.1 Å². The van der Waals surface area contributed by atoms with E-state index in [-0.39, 0.29) is 10.6 Å². The fourth-order valence-corrected chi connectivity index (χ4v) is 2.51. The van der Waals surface area contributed by atoms with Gasteiger partial charge in [0.1, 0.15) is 11.5 Å². The maximum atomic E-state index is 10.9. The van der Waals surface area contributed by atoms with E-state index in [0.29, 0.717) is 18.0 Å². The molecule has 0 radical (unpaired) electrons. The van der Waals surface area contributed by atoms with E-state index < -0.39 is 0 Å². The van der Waals surface area contributed by atoms with Crippen LogP contribution in [-0.4, -0.2) is 4.92 Å². The zero-order valence-electron chi connectivity index (χ0n) is 12.1. The third kappa shape index (κ3) is 2.91. The van der Waals surface area contributed by atoms with Crippen molar-refractivity contribution in [2.75, 3.05) is 5.32 Å². The van der Waals surface area contributed by atoms with Gasteiger partial charge in [-0.3, -0.25) is 10.1 Å². The topological polar surface area (TPSA) is 68.3 Å². The number of furan rings is 1. The number of benzene rings is 1. The Morgan fingerprint density at radius 1 is 1.38 bits per heavy atom. The predicted molar refractivity (Wildman–Crippen MR) is 80.4 cm³/mol. The van der Waals surface area contributed by atoms with Crippen LogP contribution in [0.15, 0.2) is 34.7 Å². The second-order valence-electron chi connectivity index (χ2n) is 5.74. The Bertz CT molecular complexity index is 678. The molecule has 0 aliphatic heterocycles. The van der Waals surface area contributed by atoms with Gasteiger partial charge in [0.15, 0.2) is 0 Å². The van der Waals surface area contributed by atoms with Crippen molar-refractivity contribution in [2.24, 2.45) is 5.92 Å². The molecule has 21 heavy (non-hydrogen) atoms. The van der Waals surface area contributed by atoms with Crippen molar-refractivity contribution in [3.63, 3.8) is 0 Å². The van der Waals surface area contributed by atoms with E-state index in [1.165, 1.54) is 6.42 Å². The number of anilines is 1. The van der Waals surface area contributed by atoms with Crippen LogP contribution in [0.5, 0.6) is 0 Å². The minimum Gasteiger partial charge on any atom is -0.464 e. The molecule has 1 aliphatic carbocycles. The number of rotatable bonds is 5. The van der Waals surface area contributed by atoms with E-state index in [2.05, 4.69) is 12.2 Å². The first-order valence-corrected chi connectivity index (χ1v) is 7.12. The van der Waals surface area contributed by atoms with E-state index in [4.69, 9.17) is 4.42 Å². The molecule has 1 aromatic heterocycles. The van der Waals surface area contributed by atoms with Crippen LogP contribution in [0, 0.1) is 23.0 Å². The minimum absolute atomic E-state index is 0.131. The Labute approximate surface area is 123 Å². The lowest BCUT2D eigenvalue weighted by Crippen LogP contribution is -2.00. The summed E-state index contributed by atoms with van der Waals surface area (Å²) in [6.45, 7) is 4.48. The predicted octanol–water partition coefficient (Wildman–Crippen LogP) is 4.23. The summed E-state index contributed by atoms with van der Waals surface area (Å²) >= 11 is 0. The molecule has 2 aromatic rings. The van der Waals surface area contributed by atoms with Crippen LogP contribution in [0.3, 0.4) is 0 Å². The van der Waals surface area contributed by atoms with Crippen LogP contribution in [0.2, 0.25) is 0 Å². The fourth-order valence-electron chi connectivity index (χ4n) is 2.51. The maximum absolute atomic E-state index is 10.9. The second-order valence-corrected chi connectivity index (χ2v) is 5.74. The number of aryl methyl sites for hydroxylation is 1. The summed E-state index contributed by atoms with van der Waals surface area (Å²) in [6, 6.07) is 9.15. The highest BCUT2D eigenvalue weighted by atomic mass is 16.6. The number of hydrogen-bond donors (Lipinski definition) is 1. The summed E-state index contributed by atoms with van der Waals surface area (Å²) in [5, 5.41) is 14.1. The first-order valence-electron chi connectivity index (χ1n) is 7.12. The lowest BCUT2D eigenvalue weighted by Gasteiger charge is -2.05. The van der Waals surface area contributed by atoms with E-state index in [0.717, 1.165) is 23.1 Å². The molecule has 0 amide bonds. The van der Waals surface area contributed by atoms with Crippen molar-refractivity contribution in [3.05, 3.63) is 57.5 Å². The van der Waals surface area contributed by atoms with E-state index >= 15 is 0 Å². The summed E-state index contributed by atoms with van der Waals surface area (Å²) in [5.41, 5.74) is 1.52. The Morgan fingerprint density at radius 3 is 2.81 bits per heavy atom. The second kappa shape index (κ2) is 5.24. The van der Waals surface area contributed by atoms with E-state index in [1.807, 2.05) is 18.2 Å². The SMILES string of the molecule is Cc1ccc(NCc2ccc(C3CC3C)o2)cc1[N+](=O)[O-]. The third-order valence-electron chi connectivity index (χ3n) is 4.03. The molecule has 1 saturated carbocycles. The molecule has 2 atom stereocenters. The smallest absolute Gasteiger partial charge is 0.274 e. The molecule has 0 saturated heterocycles. The normalized spacial score (nSPS) is 20.3. The third-order valence-corrected chi connectivity index (χ3v) is 4.03.